The lowest BCUT2D eigenvalue weighted by Gasteiger charge is -2.45. The summed E-state index contributed by atoms with van der Waals surface area (Å²) in [6.07, 6.45) is 4.45. The molecule has 3 heterocycles. The van der Waals surface area contributed by atoms with Crippen molar-refractivity contribution in [2.75, 3.05) is 19.7 Å². The lowest BCUT2D eigenvalue weighted by Crippen LogP contribution is -2.51. The number of carbonyl (C=O) groups is 1. The Morgan fingerprint density at radius 1 is 1.36 bits per heavy atom. The molecule has 6 heteroatoms. The van der Waals surface area contributed by atoms with Gasteiger partial charge in [0.15, 0.2) is 0 Å². The summed E-state index contributed by atoms with van der Waals surface area (Å²) in [5.41, 5.74) is 2.49. The molecule has 2 aromatic rings. The van der Waals surface area contributed by atoms with Gasteiger partial charge < -0.3 is 15.0 Å². The topological polar surface area (TPSA) is 54.5 Å². The molecule has 25 heavy (non-hydrogen) atoms. The van der Waals surface area contributed by atoms with Crippen molar-refractivity contribution in [2.45, 2.75) is 37.8 Å². The minimum Gasteiger partial charge on any atom is -0.370 e. The largest absolute Gasteiger partial charge is 0.370 e. The second kappa shape index (κ2) is 6.77. The average molecular weight is 357 g/mol. The lowest BCUT2D eigenvalue weighted by molar-refractivity contribution is -0.0926. The predicted octanol–water partition coefficient (Wildman–Crippen LogP) is 3.48. The van der Waals surface area contributed by atoms with Gasteiger partial charge in [-0.15, -0.1) is 11.3 Å². The minimum absolute atomic E-state index is 0.0124. The normalized spacial score (nSPS) is 20.1. The molecule has 2 amide bonds. The first-order valence-corrected chi connectivity index (χ1v) is 9.73. The Kier molecular flexibility index (Phi) is 4.48. The van der Waals surface area contributed by atoms with Crippen LogP contribution in [0.3, 0.4) is 0 Å². The maximum absolute atomic E-state index is 12.6. The number of benzene rings is 1. The smallest absolute Gasteiger partial charge is 0.317 e. The summed E-state index contributed by atoms with van der Waals surface area (Å²) in [6.45, 7) is 4.17. The Balaban J connectivity index is 1.41. The van der Waals surface area contributed by atoms with Crippen molar-refractivity contribution in [3.63, 3.8) is 0 Å². The number of likely N-dealkylation sites (tertiary alicyclic amines) is 1. The van der Waals surface area contributed by atoms with Crippen molar-refractivity contribution in [1.29, 1.82) is 0 Å². The number of nitrogens with one attached hydrogen (secondary N) is 1. The number of urea groups is 1. The van der Waals surface area contributed by atoms with Gasteiger partial charge in [-0.25, -0.2) is 9.78 Å². The van der Waals surface area contributed by atoms with Gasteiger partial charge in [-0.05, 0) is 37.3 Å². The van der Waals surface area contributed by atoms with Crippen LogP contribution in [0.1, 0.15) is 41.9 Å². The molecule has 2 aliphatic heterocycles. The molecule has 1 spiro atoms. The monoisotopic (exact) mass is 357 g/mol. The molecule has 0 bridgehead atoms. The fraction of sp³-hybridized carbons (Fsp3) is 0.474. The van der Waals surface area contributed by atoms with E-state index in [1.54, 1.807) is 17.5 Å². The lowest BCUT2D eigenvalue weighted by atomic mass is 9.79. The first kappa shape index (κ1) is 16.5. The number of fused-ring (bicyclic) bond motifs is 2. The van der Waals surface area contributed by atoms with Gasteiger partial charge in [0, 0.05) is 24.7 Å². The van der Waals surface area contributed by atoms with Gasteiger partial charge in [0.1, 0.15) is 5.01 Å². The van der Waals surface area contributed by atoms with Crippen LogP contribution in [0, 0.1) is 0 Å². The van der Waals surface area contributed by atoms with Crippen molar-refractivity contribution >= 4 is 17.4 Å². The van der Waals surface area contributed by atoms with E-state index in [0.717, 1.165) is 30.9 Å². The zero-order chi connectivity index (χ0) is 17.3. The number of nitrogens with zero attached hydrogens (tertiary/aromatic N) is 2. The van der Waals surface area contributed by atoms with Gasteiger partial charge in [0.2, 0.25) is 0 Å². The van der Waals surface area contributed by atoms with Gasteiger partial charge in [-0.3, -0.25) is 0 Å². The van der Waals surface area contributed by atoms with Gasteiger partial charge >= 0.3 is 6.03 Å². The number of piperidine rings is 1. The van der Waals surface area contributed by atoms with Crippen LogP contribution in [0.25, 0.3) is 0 Å². The zero-order valence-electron chi connectivity index (χ0n) is 14.4. The Bertz CT molecular complexity index is 739. The number of rotatable bonds is 2. The first-order valence-electron chi connectivity index (χ1n) is 8.85. The number of ether oxygens (including phenoxy) is 1. The van der Waals surface area contributed by atoms with E-state index in [2.05, 4.69) is 34.6 Å². The highest BCUT2D eigenvalue weighted by Gasteiger charge is 2.41. The standard InChI is InChI=1S/C19H23N3O2S/c1-14(17-20-9-13-25-17)21-18(23)22-10-7-19(8-11-22)16-5-3-2-4-15(16)6-12-24-19/h2-5,9,13-14H,6-8,10-12H2,1H3,(H,21,23)/t14-/m0/s1. The van der Waals surface area contributed by atoms with Crippen LogP contribution < -0.4 is 5.32 Å². The third-order valence-corrected chi connectivity index (χ3v) is 6.24. The van der Waals surface area contributed by atoms with Crippen LogP contribution >= 0.6 is 11.3 Å². The molecule has 0 aliphatic carbocycles. The van der Waals surface area contributed by atoms with Crippen LogP contribution in [0.15, 0.2) is 35.8 Å². The van der Waals surface area contributed by atoms with E-state index in [-0.39, 0.29) is 17.7 Å². The van der Waals surface area contributed by atoms with Crippen molar-refractivity contribution in [3.8, 4) is 0 Å². The van der Waals surface area contributed by atoms with E-state index in [9.17, 15) is 4.79 Å². The summed E-state index contributed by atoms with van der Waals surface area (Å²) < 4.78 is 6.23. The van der Waals surface area contributed by atoms with Crippen LogP contribution in [0.4, 0.5) is 4.79 Å². The number of aromatic nitrogens is 1. The third-order valence-electron chi connectivity index (χ3n) is 5.28. The molecule has 0 saturated carbocycles. The van der Waals surface area contributed by atoms with Gasteiger partial charge in [-0.1, -0.05) is 24.3 Å². The molecule has 0 unspecified atom stereocenters. The van der Waals surface area contributed by atoms with Crippen LogP contribution in [0.5, 0.6) is 0 Å². The highest BCUT2D eigenvalue weighted by molar-refractivity contribution is 7.09. The van der Waals surface area contributed by atoms with Crippen molar-refractivity contribution < 1.29 is 9.53 Å². The van der Waals surface area contributed by atoms with Crippen LogP contribution in [0.2, 0.25) is 0 Å². The molecule has 132 valence electrons. The molecule has 1 aromatic heterocycles. The van der Waals surface area contributed by atoms with Crippen LogP contribution in [-0.4, -0.2) is 35.6 Å². The predicted molar refractivity (Wildman–Crippen MR) is 97.6 cm³/mol. The Morgan fingerprint density at radius 3 is 2.92 bits per heavy atom. The van der Waals surface area contributed by atoms with Crippen LogP contribution in [-0.2, 0) is 16.8 Å². The molecule has 1 aromatic carbocycles. The summed E-state index contributed by atoms with van der Waals surface area (Å²) in [5, 5.41) is 5.92. The van der Waals surface area contributed by atoms with Crippen molar-refractivity contribution in [3.05, 3.63) is 52.0 Å². The minimum atomic E-state index is -0.216. The summed E-state index contributed by atoms with van der Waals surface area (Å²) in [5.74, 6) is 0. The van der Waals surface area contributed by atoms with Gasteiger partial charge in [0.05, 0.1) is 18.2 Å². The van der Waals surface area contributed by atoms with E-state index < -0.39 is 0 Å². The molecule has 5 nitrogen and oxygen atoms in total. The zero-order valence-corrected chi connectivity index (χ0v) is 15.2. The fourth-order valence-corrected chi connectivity index (χ4v) is 4.53. The van der Waals surface area contributed by atoms with E-state index in [4.69, 9.17) is 4.74 Å². The van der Waals surface area contributed by atoms with Crippen molar-refractivity contribution in [1.82, 2.24) is 15.2 Å². The summed E-state index contributed by atoms with van der Waals surface area (Å²) in [6, 6.07) is 8.50. The Morgan fingerprint density at radius 2 is 2.16 bits per heavy atom. The average Bonchev–Trinajstić information content (AvgIpc) is 3.18. The molecule has 1 N–H and O–H groups in total. The molecular weight excluding hydrogens is 334 g/mol. The number of hydrogen-bond donors (Lipinski definition) is 1. The number of amides is 2. The van der Waals surface area contributed by atoms with E-state index in [1.807, 2.05) is 17.2 Å². The van der Waals surface area contributed by atoms with Crippen molar-refractivity contribution in [2.24, 2.45) is 0 Å². The summed E-state index contributed by atoms with van der Waals surface area (Å²) in [7, 11) is 0. The highest BCUT2D eigenvalue weighted by atomic mass is 32.1. The quantitative estimate of drug-likeness (QED) is 0.895. The van der Waals surface area contributed by atoms with E-state index in [1.165, 1.54) is 11.1 Å². The molecule has 1 atom stereocenters. The molecule has 4 rings (SSSR count). The maximum atomic E-state index is 12.6. The number of carbonyl (C=O) groups excluding carboxylic acids is 1. The second-order valence-electron chi connectivity index (χ2n) is 6.78. The SMILES string of the molecule is C[C@H](NC(=O)N1CCC2(CC1)OCCc1ccccc12)c1nccs1. The van der Waals surface area contributed by atoms with E-state index >= 15 is 0 Å². The molecule has 1 saturated heterocycles. The highest BCUT2D eigenvalue weighted by Crippen LogP contribution is 2.41. The number of hydrogen-bond acceptors (Lipinski definition) is 4. The first-order chi connectivity index (χ1) is 12.2. The fourth-order valence-electron chi connectivity index (χ4n) is 3.89. The summed E-state index contributed by atoms with van der Waals surface area (Å²) in [4.78, 5) is 18.7. The maximum Gasteiger partial charge on any atom is 0.317 e. The Hall–Kier alpha value is -1.92. The molecular formula is C19H23N3O2S. The second-order valence-corrected chi connectivity index (χ2v) is 7.70. The Labute approximate surface area is 152 Å². The van der Waals surface area contributed by atoms with E-state index in [0.29, 0.717) is 13.1 Å². The molecule has 2 aliphatic rings. The molecule has 1 fully saturated rings. The van der Waals surface area contributed by atoms with Gasteiger partial charge in [-0.2, -0.15) is 0 Å². The van der Waals surface area contributed by atoms with Gasteiger partial charge in [0.25, 0.3) is 0 Å². The number of thiazole rings is 1. The third kappa shape index (κ3) is 3.16. The molecule has 0 radical (unpaired) electrons. The summed E-state index contributed by atoms with van der Waals surface area (Å²) >= 11 is 1.57.